The van der Waals surface area contributed by atoms with E-state index in [9.17, 15) is 8.78 Å². The predicted molar refractivity (Wildman–Crippen MR) is 127 cm³/mol. The summed E-state index contributed by atoms with van der Waals surface area (Å²) >= 11 is 0. The average molecular weight is 487 g/mol. The average Bonchev–Trinajstić information content (AvgIpc) is 3.47. The van der Waals surface area contributed by atoms with E-state index in [1.807, 2.05) is 19.1 Å². The van der Waals surface area contributed by atoms with Gasteiger partial charge < -0.3 is 10.1 Å². The molecule has 5 aromatic rings. The van der Waals surface area contributed by atoms with Crippen LogP contribution in [-0.4, -0.2) is 41.6 Å². The molecule has 5 rings (SSSR count). The lowest BCUT2D eigenvalue weighted by Crippen LogP contribution is -2.09. The van der Waals surface area contributed by atoms with E-state index in [0.29, 0.717) is 39.8 Å². The van der Waals surface area contributed by atoms with Gasteiger partial charge in [0.15, 0.2) is 17.3 Å². The zero-order chi connectivity index (χ0) is 25.4. The van der Waals surface area contributed by atoms with Crippen molar-refractivity contribution in [1.29, 1.82) is 5.26 Å². The molecule has 0 atom stereocenters. The van der Waals surface area contributed by atoms with Gasteiger partial charge in [-0.25, -0.2) is 23.4 Å². The van der Waals surface area contributed by atoms with Crippen molar-refractivity contribution in [3.05, 3.63) is 71.4 Å². The number of aryl methyl sites for hydroxylation is 2. The Bertz CT molecular complexity index is 1620. The highest BCUT2D eigenvalue weighted by Gasteiger charge is 2.21. The number of imidazole rings is 1. The second-order valence-corrected chi connectivity index (χ2v) is 7.92. The lowest BCUT2D eigenvalue weighted by molar-refractivity contribution is 0.150. The number of halogens is 2. The first kappa shape index (κ1) is 22.9. The molecule has 0 aliphatic carbocycles. The van der Waals surface area contributed by atoms with Gasteiger partial charge in [0, 0.05) is 11.8 Å². The highest BCUT2D eigenvalue weighted by Crippen LogP contribution is 2.33. The lowest BCUT2D eigenvalue weighted by atomic mass is 10.2. The van der Waals surface area contributed by atoms with Crippen LogP contribution in [0, 0.1) is 25.2 Å². The number of pyridine rings is 1. The number of methoxy groups -OCH3 is 1. The third-order valence-corrected chi connectivity index (χ3v) is 5.50. The van der Waals surface area contributed by atoms with Gasteiger partial charge in [0.05, 0.1) is 35.1 Å². The number of hydrogen-bond acceptors (Lipinski definition) is 8. The first-order valence-electron chi connectivity index (χ1n) is 10.8. The van der Waals surface area contributed by atoms with Crippen LogP contribution in [0.4, 0.5) is 20.3 Å². The summed E-state index contributed by atoms with van der Waals surface area (Å²) in [4.78, 5) is 8.94. The van der Waals surface area contributed by atoms with E-state index in [4.69, 9.17) is 10.00 Å². The number of nitrogens with one attached hydrogen (secondary N) is 1. The molecular formula is C24H19F2N9O. The number of nitrogens with zero attached hydrogens (tertiary/aromatic N) is 8. The zero-order valence-electron chi connectivity index (χ0n) is 19.4. The van der Waals surface area contributed by atoms with Crippen molar-refractivity contribution in [2.75, 3.05) is 12.4 Å². The second-order valence-electron chi connectivity index (χ2n) is 7.92. The van der Waals surface area contributed by atoms with Gasteiger partial charge in [-0.1, -0.05) is 0 Å². The predicted octanol–water partition coefficient (Wildman–Crippen LogP) is 4.57. The van der Waals surface area contributed by atoms with Crippen LogP contribution in [0.2, 0.25) is 0 Å². The van der Waals surface area contributed by atoms with Crippen LogP contribution in [0.3, 0.4) is 0 Å². The molecule has 0 radical (unpaired) electrons. The minimum Gasteiger partial charge on any atom is -0.494 e. The first-order valence-corrected chi connectivity index (χ1v) is 10.8. The van der Waals surface area contributed by atoms with E-state index in [2.05, 4.69) is 30.6 Å². The topological polar surface area (TPSA) is 119 Å². The molecule has 0 aliphatic rings. The van der Waals surface area contributed by atoms with Crippen molar-refractivity contribution in [2.45, 2.75) is 20.3 Å². The summed E-state index contributed by atoms with van der Waals surface area (Å²) in [5.74, 6) is 1.33. The van der Waals surface area contributed by atoms with Gasteiger partial charge in [-0.2, -0.15) is 15.5 Å². The van der Waals surface area contributed by atoms with E-state index in [-0.39, 0.29) is 17.1 Å². The van der Waals surface area contributed by atoms with Gasteiger partial charge >= 0.3 is 0 Å². The molecular weight excluding hydrogens is 468 g/mol. The number of aromatic nitrogens is 7. The van der Waals surface area contributed by atoms with E-state index in [1.165, 1.54) is 30.0 Å². The number of benzene rings is 1. The molecule has 0 bridgehead atoms. The molecule has 1 aromatic carbocycles. The lowest BCUT2D eigenvalue weighted by Gasteiger charge is -2.14. The molecule has 180 valence electrons. The molecule has 0 aliphatic heterocycles. The smallest absolute Gasteiger partial charge is 0.267 e. The van der Waals surface area contributed by atoms with Crippen molar-refractivity contribution >= 4 is 22.5 Å². The van der Waals surface area contributed by atoms with Gasteiger partial charge in [-0.05, 0) is 50.2 Å². The fraction of sp³-hybridized carbons (Fsp3) is 0.167. The van der Waals surface area contributed by atoms with Crippen molar-refractivity contribution in [3.8, 4) is 23.5 Å². The van der Waals surface area contributed by atoms with Crippen LogP contribution in [0.25, 0.3) is 22.7 Å². The third-order valence-electron chi connectivity index (χ3n) is 5.50. The van der Waals surface area contributed by atoms with Gasteiger partial charge in [0.25, 0.3) is 6.43 Å². The largest absolute Gasteiger partial charge is 0.494 e. The molecule has 12 heteroatoms. The standard InChI is InChI=1S/C24H19F2N9O/c1-13-4-6-21(32-31-13)29-18-9-17-19(10-20(18)36-3)34(12-28-17)22-7-5-16(23(25)26)24(30-22)35-14(2)8-15(11-27)33-35/h4-10,12,23H,1-3H3,(H,29,32). The number of alkyl halides is 2. The Hall–Kier alpha value is -4.92. The molecule has 0 saturated heterocycles. The molecule has 0 saturated carbocycles. The molecule has 0 spiro atoms. The number of anilines is 2. The van der Waals surface area contributed by atoms with E-state index < -0.39 is 6.43 Å². The maximum atomic E-state index is 13.8. The monoisotopic (exact) mass is 487 g/mol. The van der Waals surface area contributed by atoms with Crippen LogP contribution in [0.5, 0.6) is 5.75 Å². The molecule has 0 amide bonds. The van der Waals surface area contributed by atoms with E-state index in [0.717, 1.165) is 5.69 Å². The Morgan fingerprint density at radius 1 is 1.08 bits per heavy atom. The minimum absolute atomic E-state index is 0.0634. The van der Waals surface area contributed by atoms with Gasteiger partial charge in [0.2, 0.25) is 0 Å². The van der Waals surface area contributed by atoms with Crippen LogP contribution in [0.1, 0.15) is 29.1 Å². The summed E-state index contributed by atoms with van der Waals surface area (Å²) in [7, 11) is 1.54. The summed E-state index contributed by atoms with van der Waals surface area (Å²) < 4.78 is 36.1. The van der Waals surface area contributed by atoms with Crippen molar-refractivity contribution in [3.63, 3.8) is 0 Å². The third kappa shape index (κ3) is 4.07. The summed E-state index contributed by atoms with van der Waals surface area (Å²) in [6, 6.07) is 13.4. The second kappa shape index (κ2) is 9.03. The normalized spacial score (nSPS) is 11.1. The summed E-state index contributed by atoms with van der Waals surface area (Å²) in [6.07, 6.45) is -1.24. The SMILES string of the molecule is COc1cc2c(cc1Nc1ccc(C)nn1)ncn2-c1ccc(C(F)F)c(-n2nc(C#N)cc2C)n1. The zero-order valence-corrected chi connectivity index (χ0v) is 19.4. The van der Waals surface area contributed by atoms with Crippen LogP contribution < -0.4 is 10.1 Å². The van der Waals surface area contributed by atoms with Gasteiger partial charge in [-0.3, -0.25) is 4.57 Å². The molecule has 0 unspecified atom stereocenters. The summed E-state index contributed by atoms with van der Waals surface area (Å²) in [5.41, 5.74) is 2.99. The van der Waals surface area contributed by atoms with Crippen molar-refractivity contribution in [1.82, 2.24) is 34.5 Å². The van der Waals surface area contributed by atoms with E-state index in [1.54, 1.807) is 36.0 Å². The molecule has 1 N–H and O–H groups in total. The van der Waals surface area contributed by atoms with Gasteiger partial charge in [0.1, 0.15) is 24.0 Å². The van der Waals surface area contributed by atoms with Crippen molar-refractivity contribution < 1.29 is 13.5 Å². The first-order chi connectivity index (χ1) is 17.4. The van der Waals surface area contributed by atoms with Crippen molar-refractivity contribution in [2.24, 2.45) is 0 Å². The highest BCUT2D eigenvalue weighted by atomic mass is 19.3. The van der Waals surface area contributed by atoms with E-state index >= 15 is 0 Å². The Kier molecular flexibility index (Phi) is 5.73. The summed E-state index contributed by atoms with van der Waals surface area (Å²) in [5, 5.41) is 24.6. The molecule has 36 heavy (non-hydrogen) atoms. The number of fused-ring (bicyclic) bond motifs is 1. The summed E-state index contributed by atoms with van der Waals surface area (Å²) in [6.45, 7) is 3.52. The molecule has 0 fully saturated rings. The van der Waals surface area contributed by atoms with Gasteiger partial charge in [-0.15, -0.1) is 5.10 Å². The fourth-order valence-electron chi connectivity index (χ4n) is 3.76. The van der Waals surface area contributed by atoms with Crippen LogP contribution >= 0.6 is 0 Å². The number of nitriles is 1. The highest BCUT2D eigenvalue weighted by molar-refractivity contribution is 5.85. The Morgan fingerprint density at radius 2 is 1.92 bits per heavy atom. The Balaban J connectivity index is 1.60. The Morgan fingerprint density at radius 3 is 2.58 bits per heavy atom. The van der Waals surface area contributed by atoms with Crippen LogP contribution in [0.15, 0.2) is 48.8 Å². The maximum Gasteiger partial charge on any atom is 0.267 e. The number of ether oxygens (including phenoxy) is 1. The minimum atomic E-state index is -2.78. The molecule has 10 nitrogen and oxygen atoms in total. The van der Waals surface area contributed by atoms with Crippen LogP contribution in [-0.2, 0) is 0 Å². The fourth-order valence-corrected chi connectivity index (χ4v) is 3.76. The number of rotatable bonds is 6. The Labute approximate surface area is 203 Å². The molecule has 4 aromatic heterocycles. The maximum absolute atomic E-state index is 13.8. The number of hydrogen-bond donors (Lipinski definition) is 1. The quantitative estimate of drug-likeness (QED) is 0.370. The molecule has 4 heterocycles.